The SMILES string of the molecule is COC(=O)[C@@H](OC(C)(C)C)c1c(C)nc2c(cc(-c3nc(N4CCN(C5CCOCC5)CC4)ns3)n2C)c1-c1cc(F)c2c(c1C)CCCO2.Cc1nc2c(cc(-c3nc(N4CCN(C5CCOCC5)CC4)ns3)n2C)c(-c2cc(F)c3c(c2C)CCCO3)c1[C@H](OC(C)(C)C)C(=O)O.[Li+].[OH-]. The van der Waals surface area contributed by atoms with Crippen molar-refractivity contribution in [2.45, 2.75) is 156 Å². The summed E-state index contributed by atoms with van der Waals surface area (Å²) in [7, 11) is 5.23. The molecule has 0 spiro atoms. The molecule has 2 N–H and O–H groups in total. The minimum atomic E-state index is -1.33. The van der Waals surface area contributed by atoms with E-state index in [-0.39, 0.29) is 30.1 Å². The number of nitrogens with zero attached hydrogens (tertiary/aromatic N) is 12. The number of methoxy groups -OCH3 is 1. The maximum Gasteiger partial charge on any atom is 1.00 e. The van der Waals surface area contributed by atoms with E-state index in [1.54, 1.807) is 6.92 Å². The van der Waals surface area contributed by atoms with E-state index in [9.17, 15) is 14.7 Å². The molecule has 23 nitrogen and oxygen atoms in total. The Kier molecular flexibility index (Phi) is 23.1. The van der Waals surface area contributed by atoms with Gasteiger partial charge in [-0.3, -0.25) is 9.80 Å². The fourth-order valence-corrected chi connectivity index (χ4v) is 16.7. The second-order valence-electron chi connectivity index (χ2n) is 28.8. The molecule has 538 valence electrons. The summed E-state index contributed by atoms with van der Waals surface area (Å²) in [6.45, 7) is 30.4. The van der Waals surface area contributed by atoms with Crippen molar-refractivity contribution in [3.8, 4) is 55.2 Å². The van der Waals surface area contributed by atoms with Gasteiger partial charge in [0, 0.05) is 161 Å². The molecule has 28 heteroatoms. The van der Waals surface area contributed by atoms with Gasteiger partial charge in [-0.05, 0) is 190 Å². The number of hydrogen-bond donors (Lipinski definition) is 1. The molecule has 0 unspecified atom stereocenters. The molecule has 6 aliphatic rings. The van der Waals surface area contributed by atoms with Crippen LogP contribution in [-0.2, 0) is 60.2 Å². The Labute approximate surface area is 609 Å². The number of carbonyl (C=O) groups is 2. The van der Waals surface area contributed by atoms with Crippen LogP contribution in [0.1, 0.15) is 137 Å². The quantitative estimate of drug-likeness (QED) is 0.0787. The number of aromatic nitrogens is 8. The third-order valence-electron chi connectivity index (χ3n) is 20.2. The van der Waals surface area contributed by atoms with Crippen LogP contribution in [0.2, 0.25) is 0 Å². The number of ether oxygens (including phenoxy) is 7. The Bertz CT molecular complexity index is 4350. The van der Waals surface area contributed by atoms with Crippen molar-refractivity contribution in [3.63, 3.8) is 0 Å². The first-order valence-electron chi connectivity index (χ1n) is 34.7. The molecule has 8 aromatic rings. The monoisotopic (exact) mass is 1420 g/mol. The van der Waals surface area contributed by atoms with Crippen molar-refractivity contribution in [2.24, 2.45) is 14.1 Å². The summed E-state index contributed by atoms with van der Waals surface area (Å²) >= 11 is 2.69. The smallest absolute Gasteiger partial charge is 0.870 e. The molecule has 14 rings (SSSR count). The van der Waals surface area contributed by atoms with Gasteiger partial charge >= 0.3 is 30.8 Å². The van der Waals surface area contributed by atoms with Crippen LogP contribution in [0, 0.1) is 39.3 Å². The number of carboxylic acid groups (broad SMARTS) is 1. The summed E-state index contributed by atoms with van der Waals surface area (Å²) in [5, 5.41) is 13.5. The summed E-state index contributed by atoms with van der Waals surface area (Å²) in [5.74, 6) is -0.562. The molecule has 12 heterocycles. The molecule has 4 fully saturated rings. The van der Waals surface area contributed by atoms with Gasteiger partial charge in [-0.25, -0.2) is 28.3 Å². The molecule has 6 aromatic heterocycles. The van der Waals surface area contributed by atoms with E-state index < -0.39 is 47.0 Å². The fraction of sp³-hybridized carbons (Fsp3) is 0.562. The zero-order valence-electron chi connectivity index (χ0n) is 60.7. The molecule has 4 saturated heterocycles. The number of pyridine rings is 2. The van der Waals surface area contributed by atoms with Gasteiger partial charge in [-0.2, -0.15) is 18.7 Å². The average Bonchev–Trinajstić information content (AvgIpc) is 1.47. The molecule has 0 radical (unpaired) electrons. The third-order valence-corrected chi connectivity index (χ3v) is 21.7. The van der Waals surface area contributed by atoms with Crippen LogP contribution in [0.4, 0.5) is 20.7 Å². The molecule has 0 aliphatic carbocycles. The van der Waals surface area contributed by atoms with E-state index >= 15 is 8.78 Å². The third kappa shape index (κ3) is 15.3. The van der Waals surface area contributed by atoms with E-state index in [4.69, 9.17) is 61.8 Å². The Morgan fingerprint density at radius 3 is 1.35 bits per heavy atom. The van der Waals surface area contributed by atoms with Crippen molar-refractivity contribution in [2.75, 3.05) is 109 Å². The standard InChI is InChI=1S/C37H47FN6O5S.C36H45FN6O5S.Li.H2O/c1-21-24-9-8-16-48-31(24)27(38)19-25(21)30-26-20-28(42(6)33(26)39-22(2)29(30)32(35(45)46-7)49-37(3,4)5)34-40-36(41-50-34)44-14-12-43(13-15-44)23-10-17-47-18-11-23;1-20-23-8-7-15-47-30(23)26(37)18-24(20)29-25-19-27(41(6)32(25)38-21(2)28(29)31(34(44)45)48-36(3,4)5)33-39-35(40-49-33)43-13-11-42(12-14-43)22-9-16-46-17-10-22;;/h19-20,23,32H,8-18H2,1-7H3;18-19,22,31H,7-17H2,1-6H3,(H,44,45);;1H2/q;;+1;/p-1/t32-;31-;;/m00../s1. The first-order valence-corrected chi connectivity index (χ1v) is 36.3. The van der Waals surface area contributed by atoms with Crippen LogP contribution in [0.5, 0.6) is 11.5 Å². The Morgan fingerprint density at radius 2 is 0.970 bits per heavy atom. The van der Waals surface area contributed by atoms with Gasteiger partial charge < -0.3 is 62.7 Å². The second-order valence-corrected chi connectivity index (χ2v) is 30.3. The molecule has 6 aliphatic heterocycles. The van der Waals surface area contributed by atoms with Crippen LogP contribution in [-0.4, -0.2) is 193 Å². The number of halogens is 2. The zero-order valence-corrected chi connectivity index (χ0v) is 62.3. The largest absolute Gasteiger partial charge is 1.00 e. The van der Waals surface area contributed by atoms with Gasteiger partial charge in [0.05, 0.1) is 42.9 Å². The predicted molar refractivity (Wildman–Crippen MR) is 381 cm³/mol. The molecule has 0 saturated carbocycles. The average molecular weight is 1420 g/mol. The predicted octanol–water partition coefficient (Wildman–Crippen LogP) is 9.08. The number of anilines is 2. The number of benzene rings is 2. The number of esters is 1. The topological polar surface area (TPSA) is 249 Å². The normalized spacial score (nSPS) is 18.0. The van der Waals surface area contributed by atoms with E-state index in [0.29, 0.717) is 111 Å². The van der Waals surface area contributed by atoms with Gasteiger partial charge in [-0.15, -0.1) is 0 Å². The van der Waals surface area contributed by atoms with E-state index in [2.05, 4.69) is 19.6 Å². The molecule has 2 aromatic carbocycles. The Hall–Kier alpha value is -6.74. The minimum absolute atomic E-state index is 0. The van der Waals surface area contributed by atoms with Gasteiger partial charge in [0.2, 0.25) is 11.9 Å². The first kappa shape index (κ1) is 75.4. The van der Waals surface area contributed by atoms with Gasteiger partial charge in [-0.1, -0.05) is 0 Å². The van der Waals surface area contributed by atoms with Crippen LogP contribution >= 0.6 is 23.1 Å². The number of aryl methyl sites for hydroxylation is 4. The molecular formula is C73H93F2LiN12O11S2. The van der Waals surface area contributed by atoms with E-state index in [0.717, 1.165) is 172 Å². The number of rotatable bonds is 14. The van der Waals surface area contributed by atoms with Crippen molar-refractivity contribution in [1.82, 2.24) is 47.6 Å². The van der Waals surface area contributed by atoms with Gasteiger partial charge in [0.25, 0.3) is 0 Å². The van der Waals surface area contributed by atoms with Crippen molar-refractivity contribution in [3.05, 3.63) is 80.7 Å². The molecule has 0 bridgehead atoms. The molecule has 101 heavy (non-hydrogen) atoms. The molecule has 2 atom stereocenters. The van der Waals surface area contributed by atoms with Crippen molar-refractivity contribution in [1.29, 1.82) is 0 Å². The summed E-state index contributed by atoms with van der Waals surface area (Å²) < 4.78 is 85.8. The maximum absolute atomic E-state index is 15.9. The minimum Gasteiger partial charge on any atom is -0.870 e. The summed E-state index contributed by atoms with van der Waals surface area (Å²) in [6.07, 6.45) is 4.85. The number of carbonyl (C=O) groups excluding carboxylic acids is 1. The summed E-state index contributed by atoms with van der Waals surface area (Å²) in [5.41, 5.74) is 9.51. The summed E-state index contributed by atoms with van der Waals surface area (Å²) in [4.78, 5) is 56.1. The molecule has 0 amide bonds. The van der Waals surface area contributed by atoms with Crippen molar-refractivity contribution >= 4 is 69.0 Å². The van der Waals surface area contributed by atoms with Crippen LogP contribution in [0.3, 0.4) is 0 Å². The maximum atomic E-state index is 15.9. The van der Waals surface area contributed by atoms with Crippen LogP contribution in [0.25, 0.3) is 65.7 Å². The number of fused-ring (bicyclic) bond motifs is 4. The van der Waals surface area contributed by atoms with Crippen LogP contribution < -0.4 is 38.1 Å². The number of aliphatic carboxylic acids is 1. The van der Waals surface area contributed by atoms with Crippen molar-refractivity contribution < 1.29 is 81.0 Å². The van der Waals surface area contributed by atoms with Crippen LogP contribution in [0.15, 0.2) is 24.3 Å². The first-order chi connectivity index (χ1) is 47.4. The summed E-state index contributed by atoms with van der Waals surface area (Å²) in [6, 6.07) is 8.18. The molecular weight excluding hydrogens is 1330 g/mol. The zero-order chi connectivity index (χ0) is 69.9. The Balaban J connectivity index is 0.000000199. The van der Waals surface area contributed by atoms with Gasteiger partial charge in [0.15, 0.2) is 45.4 Å². The van der Waals surface area contributed by atoms with Gasteiger partial charge in [0.1, 0.15) is 11.3 Å². The fourth-order valence-electron chi connectivity index (χ4n) is 15.2. The van der Waals surface area contributed by atoms with E-state index in [1.807, 2.05) is 97.7 Å². The number of hydrogen-bond acceptors (Lipinski definition) is 22. The number of piperazine rings is 2. The van der Waals surface area contributed by atoms with E-state index in [1.165, 1.54) is 42.3 Å². The second kappa shape index (κ2) is 30.9. The number of carboxylic acids is 1. The Morgan fingerprint density at radius 1 is 0.584 bits per heavy atom.